The molecule has 0 unspecified atom stereocenters. The highest BCUT2D eigenvalue weighted by Crippen LogP contribution is 2.39. The van der Waals surface area contributed by atoms with Crippen LogP contribution in [-0.4, -0.2) is 42.0 Å². The Bertz CT molecular complexity index is 846. The van der Waals surface area contributed by atoms with Crippen LogP contribution < -0.4 is 0 Å². The van der Waals surface area contributed by atoms with E-state index in [1.807, 2.05) is 30.3 Å². The molecule has 1 aliphatic heterocycles. The number of likely N-dealkylation sites (tertiary alicyclic amines) is 1. The van der Waals surface area contributed by atoms with Crippen LogP contribution in [0.3, 0.4) is 0 Å². The second-order valence-electron chi connectivity index (χ2n) is 5.90. The van der Waals surface area contributed by atoms with Gasteiger partial charge >= 0.3 is 0 Å². The third-order valence-corrected chi connectivity index (χ3v) is 4.84. The van der Waals surface area contributed by atoms with Crippen molar-refractivity contribution in [3.63, 3.8) is 0 Å². The number of methoxy groups -OCH3 is 1. The Morgan fingerprint density at radius 3 is 2.38 bits per heavy atom. The van der Waals surface area contributed by atoms with Crippen LogP contribution in [0.15, 0.2) is 64.6 Å². The fourth-order valence-electron chi connectivity index (χ4n) is 3.04. The van der Waals surface area contributed by atoms with Crippen molar-refractivity contribution in [1.82, 2.24) is 4.90 Å². The molecule has 1 N–H and O–H groups in total. The smallest absolute Gasteiger partial charge is 0.295 e. The average molecular weight is 416 g/mol. The van der Waals surface area contributed by atoms with Gasteiger partial charge in [-0.15, -0.1) is 0 Å². The van der Waals surface area contributed by atoms with Crippen molar-refractivity contribution in [2.24, 2.45) is 0 Å². The predicted molar refractivity (Wildman–Crippen MR) is 101 cm³/mol. The Kier molecular flexibility index (Phi) is 5.54. The number of carbonyl (C=O) groups is 2. The van der Waals surface area contributed by atoms with Crippen molar-refractivity contribution in [3.8, 4) is 0 Å². The maximum atomic E-state index is 12.7. The van der Waals surface area contributed by atoms with Crippen molar-refractivity contribution in [3.05, 3.63) is 75.8 Å². The summed E-state index contributed by atoms with van der Waals surface area (Å²) in [6, 6.07) is 15.5. The number of halogens is 1. The number of Topliss-reactive ketones (excluding diaryl/α,β-unsaturated/α-hetero) is 1. The largest absolute Gasteiger partial charge is 0.507 e. The second kappa shape index (κ2) is 7.85. The number of benzene rings is 2. The molecule has 134 valence electrons. The molecule has 0 bridgehead atoms. The average Bonchev–Trinajstić information content (AvgIpc) is 2.91. The third kappa shape index (κ3) is 3.43. The molecule has 0 aliphatic carbocycles. The minimum atomic E-state index is -0.685. The summed E-state index contributed by atoms with van der Waals surface area (Å²) in [6.45, 7) is 0.554. The Balaban J connectivity index is 2.15. The van der Waals surface area contributed by atoms with E-state index in [4.69, 9.17) is 4.74 Å². The van der Waals surface area contributed by atoms with Gasteiger partial charge in [0.25, 0.3) is 11.7 Å². The number of amides is 1. The topological polar surface area (TPSA) is 66.8 Å². The first kappa shape index (κ1) is 18.4. The number of rotatable bonds is 5. The summed E-state index contributed by atoms with van der Waals surface area (Å²) in [6.07, 6.45) is 0. The summed E-state index contributed by atoms with van der Waals surface area (Å²) in [5.41, 5.74) is 1.35. The van der Waals surface area contributed by atoms with Crippen LogP contribution in [0.1, 0.15) is 17.2 Å². The van der Waals surface area contributed by atoms with E-state index in [1.165, 1.54) is 12.0 Å². The van der Waals surface area contributed by atoms with Gasteiger partial charge in [-0.1, -0.05) is 58.4 Å². The molecule has 0 aromatic heterocycles. The van der Waals surface area contributed by atoms with Crippen molar-refractivity contribution >= 4 is 33.4 Å². The van der Waals surface area contributed by atoms with Crippen LogP contribution in [0.5, 0.6) is 0 Å². The fraction of sp³-hybridized carbons (Fsp3) is 0.200. The number of hydrogen-bond donors (Lipinski definition) is 1. The van der Waals surface area contributed by atoms with Crippen molar-refractivity contribution < 1.29 is 19.4 Å². The first-order chi connectivity index (χ1) is 12.5. The summed E-state index contributed by atoms with van der Waals surface area (Å²) >= 11 is 3.39. The number of aliphatic hydroxyl groups excluding tert-OH is 1. The Morgan fingerprint density at radius 2 is 1.77 bits per heavy atom. The lowest BCUT2D eigenvalue weighted by Gasteiger charge is -2.25. The van der Waals surface area contributed by atoms with Gasteiger partial charge in [0, 0.05) is 23.7 Å². The zero-order valence-corrected chi connectivity index (χ0v) is 15.8. The number of ketones is 1. The van der Waals surface area contributed by atoms with Gasteiger partial charge in [-0.25, -0.2) is 0 Å². The summed E-state index contributed by atoms with van der Waals surface area (Å²) in [5.74, 6) is -1.49. The minimum Gasteiger partial charge on any atom is -0.507 e. The minimum absolute atomic E-state index is 0.0969. The Morgan fingerprint density at radius 1 is 1.12 bits per heavy atom. The van der Waals surface area contributed by atoms with E-state index in [9.17, 15) is 14.7 Å². The lowest BCUT2D eigenvalue weighted by atomic mass is 9.95. The van der Waals surface area contributed by atoms with Crippen LogP contribution >= 0.6 is 15.9 Å². The van der Waals surface area contributed by atoms with Crippen LogP contribution in [0.2, 0.25) is 0 Å². The fourth-order valence-corrected chi connectivity index (χ4v) is 3.31. The standard InChI is InChI=1S/C20H18BrNO4/c1-26-12-11-22-17(13-7-9-15(21)10-8-13)16(19(24)20(22)25)18(23)14-5-3-2-4-6-14/h2-10,17,23H,11-12H2,1H3/b18-16+/t17-/m0/s1. The van der Waals surface area contributed by atoms with Crippen molar-refractivity contribution in [1.29, 1.82) is 0 Å². The summed E-state index contributed by atoms with van der Waals surface area (Å²) < 4.78 is 5.97. The maximum absolute atomic E-state index is 12.7. The summed E-state index contributed by atoms with van der Waals surface area (Å²) in [5, 5.41) is 10.8. The molecule has 26 heavy (non-hydrogen) atoms. The van der Waals surface area contributed by atoms with Crippen LogP contribution in [-0.2, 0) is 14.3 Å². The molecule has 1 atom stereocenters. The zero-order valence-electron chi connectivity index (χ0n) is 14.2. The number of ether oxygens (including phenoxy) is 1. The summed E-state index contributed by atoms with van der Waals surface area (Å²) in [7, 11) is 1.54. The van der Waals surface area contributed by atoms with E-state index in [0.717, 1.165) is 10.0 Å². The van der Waals surface area contributed by atoms with Gasteiger partial charge in [0.2, 0.25) is 0 Å². The van der Waals surface area contributed by atoms with E-state index >= 15 is 0 Å². The molecule has 1 amide bonds. The molecule has 2 aromatic rings. The Labute approximate surface area is 160 Å². The maximum Gasteiger partial charge on any atom is 0.295 e. The molecular weight excluding hydrogens is 398 g/mol. The van der Waals surface area contributed by atoms with Gasteiger partial charge < -0.3 is 14.7 Å². The molecule has 1 aliphatic rings. The SMILES string of the molecule is COCCN1C(=O)C(=O)/C(=C(/O)c2ccccc2)[C@@H]1c1ccc(Br)cc1. The van der Waals surface area contributed by atoms with E-state index < -0.39 is 17.7 Å². The molecule has 0 radical (unpaired) electrons. The molecule has 2 aromatic carbocycles. The number of aliphatic hydroxyl groups is 1. The molecule has 6 heteroatoms. The van der Waals surface area contributed by atoms with Gasteiger partial charge in [-0.05, 0) is 17.7 Å². The second-order valence-corrected chi connectivity index (χ2v) is 6.82. The number of carbonyl (C=O) groups excluding carboxylic acids is 2. The van der Waals surface area contributed by atoms with Crippen LogP contribution in [0.25, 0.3) is 5.76 Å². The molecule has 1 fully saturated rings. The highest BCUT2D eigenvalue weighted by Gasteiger charge is 2.45. The third-order valence-electron chi connectivity index (χ3n) is 4.31. The molecule has 1 saturated heterocycles. The van der Waals surface area contributed by atoms with E-state index in [2.05, 4.69) is 15.9 Å². The number of hydrogen-bond acceptors (Lipinski definition) is 4. The quantitative estimate of drug-likeness (QED) is 0.460. The predicted octanol–water partition coefficient (Wildman–Crippen LogP) is 3.52. The number of nitrogens with zero attached hydrogens (tertiary/aromatic N) is 1. The lowest BCUT2D eigenvalue weighted by Crippen LogP contribution is -2.32. The highest BCUT2D eigenvalue weighted by atomic mass is 79.9. The first-order valence-corrected chi connectivity index (χ1v) is 8.92. The van der Waals surface area contributed by atoms with Gasteiger partial charge in [-0.3, -0.25) is 9.59 Å². The normalized spacial score (nSPS) is 19.2. The van der Waals surface area contributed by atoms with Crippen molar-refractivity contribution in [2.75, 3.05) is 20.3 Å². The van der Waals surface area contributed by atoms with E-state index in [1.54, 1.807) is 24.3 Å². The van der Waals surface area contributed by atoms with Crippen LogP contribution in [0.4, 0.5) is 0 Å². The van der Waals surface area contributed by atoms with Gasteiger partial charge in [0.05, 0.1) is 18.2 Å². The van der Waals surface area contributed by atoms with Gasteiger partial charge in [0.1, 0.15) is 5.76 Å². The highest BCUT2D eigenvalue weighted by molar-refractivity contribution is 9.10. The molecule has 0 spiro atoms. The van der Waals surface area contributed by atoms with E-state index in [0.29, 0.717) is 12.2 Å². The van der Waals surface area contributed by atoms with E-state index in [-0.39, 0.29) is 17.9 Å². The first-order valence-electron chi connectivity index (χ1n) is 8.13. The van der Waals surface area contributed by atoms with Gasteiger partial charge in [-0.2, -0.15) is 0 Å². The molecular formula is C20H18BrNO4. The van der Waals surface area contributed by atoms with Gasteiger partial charge in [0.15, 0.2) is 0 Å². The monoisotopic (exact) mass is 415 g/mol. The zero-order chi connectivity index (χ0) is 18.7. The molecule has 0 saturated carbocycles. The lowest BCUT2D eigenvalue weighted by molar-refractivity contribution is -0.140. The molecule has 5 nitrogen and oxygen atoms in total. The molecule has 1 heterocycles. The molecule has 3 rings (SSSR count). The Hall–Kier alpha value is -2.44. The van der Waals surface area contributed by atoms with Crippen molar-refractivity contribution in [2.45, 2.75) is 6.04 Å². The summed E-state index contributed by atoms with van der Waals surface area (Å²) in [4.78, 5) is 26.7. The van der Waals surface area contributed by atoms with Crippen LogP contribution in [0, 0.1) is 0 Å².